The highest BCUT2D eigenvalue weighted by atomic mass is 16.1. The minimum Gasteiger partial charge on any atom is -0.326 e. The molecule has 0 radical (unpaired) electrons. The van der Waals surface area contributed by atoms with Crippen molar-refractivity contribution in [1.82, 2.24) is 9.55 Å². The predicted molar refractivity (Wildman–Crippen MR) is 84.6 cm³/mol. The summed E-state index contributed by atoms with van der Waals surface area (Å²) in [7, 11) is 0. The first-order chi connectivity index (χ1) is 10.1. The fourth-order valence-corrected chi connectivity index (χ4v) is 2.63. The molecule has 0 spiro atoms. The average molecular weight is 281 g/mol. The Balaban J connectivity index is 1.99. The SMILES string of the molecule is CC(C)/C(=C/n1ccnc1)c1ccc2c(c1)CCC(=O)N2. The Morgan fingerprint density at radius 1 is 1.38 bits per heavy atom. The van der Waals surface area contributed by atoms with Crippen LogP contribution in [0.15, 0.2) is 36.9 Å². The van der Waals surface area contributed by atoms with E-state index in [4.69, 9.17) is 0 Å². The molecular formula is C17H19N3O. The Labute approximate surface area is 124 Å². The first-order valence-corrected chi connectivity index (χ1v) is 7.26. The highest BCUT2D eigenvalue weighted by Crippen LogP contribution is 2.30. The number of carbonyl (C=O) groups excluding carboxylic acids is 1. The van der Waals surface area contributed by atoms with Crippen LogP contribution in [0.3, 0.4) is 0 Å². The van der Waals surface area contributed by atoms with Crippen LogP contribution in [0.4, 0.5) is 5.69 Å². The molecule has 2 aromatic rings. The van der Waals surface area contributed by atoms with E-state index in [1.54, 1.807) is 12.5 Å². The van der Waals surface area contributed by atoms with Crippen LogP contribution >= 0.6 is 0 Å². The Morgan fingerprint density at radius 2 is 2.24 bits per heavy atom. The van der Waals surface area contributed by atoms with E-state index in [0.29, 0.717) is 12.3 Å². The van der Waals surface area contributed by atoms with Gasteiger partial charge < -0.3 is 9.88 Å². The number of hydrogen-bond donors (Lipinski definition) is 1. The number of amides is 1. The third-order valence-corrected chi connectivity index (χ3v) is 3.77. The van der Waals surface area contributed by atoms with Crippen molar-refractivity contribution in [2.24, 2.45) is 5.92 Å². The van der Waals surface area contributed by atoms with Crippen LogP contribution in [0.1, 0.15) is 31.4 Å². The monoisotopic (exact) mass is 281 g/mol. The lowest BCUT2D eigenvalue weighted by Crippen LogP contribution is -2.19. The number of nitrogens with zero attached hydrogens (tertiary/aromatic N) is 2. The third kappa shape index (κ3) is 2.89. The summed E-state index contributed by atoms with van der Waals surface area (Å²) in [6.07, 6.45) is 8.99. The minimum absolute atomic E-state index is 0.105. The number of aromatic nitrogens is 2. The zero-order chi connectivity index (χ0) is 14.8. The molecular weight excluding hydrogens is 262 g/mol. The number of hydrogen-bond acceptors (Lipinski definition) is 2. The van der Waals surface area contributed by atoms with E-state index in [9.17, 15) is 4.79 Å². The number of anilines is 1. The number of nitrogens with one attached hydrogen (secondary N) is 1. The van der Waals surface area contributed by atoms with Gasteiger partial charge in [-0.3, -0.25) is 4.79 Å². The van der Waals surface area contributed by atoms with E-state index in [0.717, 1.165) is 12.1 Å². The lowest BCUT2D eigenvalue weighted by atomic mass is 9.92. The van der Waals surface area contributed by atoms with Gasteiger partial charge in [-0.15, -0.1) is 0 Å². The zero-order valence-corrected chi connectivity index (χ0v) is 12.3. The standard InChI is InChI=1S/C17H19N3O/c1-12(2)15(10-20-8-7-18-11-20)13-3-5-16-14(9-13)4-6-17(21)19-16/h3,5,7-12H,4,6H2,1-2H3,(H,19,21)/b15-10-. The third-order valence-electron chi connectivity index (χ3n) is 3.77. The highest BCUT2D eigenvalue weighted by Gasteiger charge is 2.16. The van der Waals surface area contributed by atoms with Gasteiger partial charge in [0.2, 0.25) is 5.91 Å². The summed E-state index contributed by atoms with van der Waals surface area (Å²) in [4.78, 5) is 15.5. The van der Waals surface area contributed by atoms with E-state index >= 15 is 0 Å². The number of rotatable bonds is 3. The van der Waals surface area contributed by atoms with Crippen molar-refractivity contribution >= 4 is 23.4 Å². The summed E-state index contributed by atoms with van der Waals surface area (Å²) >= 11 is 0. The van der Waals surface area contributed by atoms with Crippen molar-refractivity contribution in [3.63, 3.8) is 0 Å². The van der Waals surface area contributed by atoms with E-state index in [1.165, 1.54) is 16.7 Å². The van der Waals surface area contributed by atoms with Gasteiger partial charge in [0.1, 0.15) is 0 Å². The molecule has 1 aliphatic heterocycles. The lowest BCUT2D eigenvalue weighted by Gasteiger charge is -2.19. The average Bonchev–Trinajstić information content (AvgIpc) is 2.97. The zero-order valence-electron chi connectivity index (χ0n) is 12.3. The fourth-order valence-electron chi connectivity index (χ4n) is 2.63. The van der Waals surface area contributed by atoms with Crippen LogP contribution in [-0.2, 0) is 11.2 Å². The van der Waals surface area contributed by atoms with Crippen molar-refractivity contribution in [2.75, 3.05) is 5.32 Å². The molecule has 0 fully saturated rings. The summed E-state index contributed by atoms with van der Waals surface area (Å²) in [5.41, 5.74) is 4.62. The molecule has 0 aliphatic carbocycles. The molecule has 1 aliphatic rings. The number of imidazole rings is 1. The predicted octanol–water partition coefficient (Wildman–Crippen LogP) is 3.42. The largest absolute Gasteiger partial charge is 0.326 e. The maximum Gasteiger partial charge on any atom is 0.224 e. The molecule has 1 aromatic carbocycles. The molecule has 1 N–H and O–H groups in total. The molecule has 21 heavy (non-hydrogen) atoms. The van der Waals surface area contributed by atoms with E-state index in [2.05, 4.69) is 42.5 Å². The second-order valence-electron chi connectivity index (χ2n) is 5.67. The second kappa shape index (κ2) is 5.56. The van der Waals surface area contributed by atoms with Crippen LogP contribution in [0, 0.1) is 5.92 Å². The first kappa shape index (κ1) is 13.6. The molecule has 3 rings (SSSR count). The fraction of sp³-hybridized carbons (Fsp3) is 0.294. The van der Waals surface area contributed by atoms with Crippen LogP contribution in [0.25, 0.3) is 11.8 Å². The molecule has 1 amide bonds. The molecule has 1 aromatic heterocycles. The van der Waals surface area contributed by atoms with Gasteiger partial charge in [-0.1, -0.05) is 19.9 Å². The Bertz CT molecular complexity index is 684. The quantitative estimate of drug-likeness (QED) is 0.937. The van der Waals surface area contributed by atoms with Gasteiger partial charge in [0.25, 0.3) is 0 Å². The van der Waals surface area contributed by atoms with Crippen LogP contribution in [-0.4, -0.2) is 15.5 Å². The second-order valence-corrected chi connectivity index (χ2v) is 5.67. The molecule has 108 valence electrons. The van der Waals surface area contributed by atoms with Gasteiger partial charge in [0.15, 0.2) is 0 Å². The van der Waals surface area contributed by atoms with Crippen molar-refractivity contribution < 1.29 is 4.79 Å². The van der Waals surface area contributed by atoms with E-state index < -0.39 is 0 Å². The number of fused-ring (bicyclic) bond motifs is 1. The van der Waals surface area contributed by atoms with Crippen LogP contribution in [0.5, 0.6) is 0 Å². The molecule has 0 atom stereocenters. The van der Waals surface area contributed by atoms with Gasteiger partial charge in [0.05, 0.1) is 6.33 Å². The summed E-state index contributed by atoms with van der Waals surface area (Å²) in [5, 5.41) is 2.93. The van der Waals surface area contributed by atoms with Gasteiger partial charge in [-0.2, -0.15) is 0 Å². The molecule has 0 saturated carbocycles. The lowest BCUT2D eigenvalue weighted by molar-refractivity contribution is -0.116. The van der Waals surface area contributed by atoms with Crippen LogP contribution in [0.2, 0.25) is 0 Å². The van der Waals surface area contributed by atoms with Gasteiger partial charge in [-0.25, -0.2) is 4.98 Å². The molecule has 2 heterocycles. The Hall–Kier alpha value is -2.36. The molecule has 4 heteroatoms. The van der Waals surface area contributed by atoms with Gasteiger partial charge >= 0.3 is 0 Å². The van der Waals surface area contributed by atoms with Crippen LogP contribution < -0.4 is 5.32 Å². The maximum atomic E-state index is 11.4. The highest BCUT2D eigenvalue weighted by molar-refractivity contribution is 5.94. The Morgan fingerprint density at radius 3 is 2.95 bits per heavy atom. The molecule has 4 nitrogen and oxygen atoms in total. The topological polar surface area (TPSA) is 46.9 Å². The molecule has 0 unspecified atom stereocenters. The van der Waals surface area contributed by atoms with E-state index in [-0.39, 0.29) is 5.91 Å². The maximum absolute atomic E-state index is 11.4. The Kier molecular flexibility index (Phi) is 3.60. The first-order valence-electron chi connectivity index (χ1n) is 7.26. The number of allylic oxidation sites excluding steroid dienone is 1. The summed E-state index contributed by atoms with van der Waals surface area (Å²) in [6.45, 7) is 4.37. The summed E-state index contributed by atoms with van der Waals surface area (Å²) < 4.78 is 1.97. The van der Waals surface area contributed by atoms with E-state index in [1.807, 2.05) is 16.8 Å². The summed E-state index contributed by atoms with van der Waals surface area (Å²) in [6, 6.07) is 6.27. The number of aryl methyl sites for hydroxylation is 1. The van der Waals surface area contributed by atoms with Crippen molar-refractivity contribution in [3.05, 3.63) is 48.0 Å². The van der Waals surface area contributed by atoms with Crippen molar-refractivity contribution in [2.45, 2.75) is 26.7 Å². The molecule has 0 saturated heterocycles. The smallest absolute Gasteiger partial charge is 0.224 e. The van der Waals surface area contributed by atoms with Gasteiger partial charge in [-0.05, 0) is 41.2 Å². The minimum atomic E-state index is 0.105. The normalized spacial score (nSPS) is 15.0. The molecule has 0 bridgehead atoms. The number of benzene rings is 1. The van der Waals surface area contributed by atoms with Gasteiger partial charge in [0, 0.05) is 30.7 Å². The van der Waals surface area contributed by atoms with Crippen molar-refractivity contribution in [1.29, 1.82) is 0 Å². The summed E-state index contributed by atoms with van der Waals surface area (Å²) in [5.74, 6) is 0.511. The number of carbonyl (C=O) groups is 1. The van der Waals surface area contributed by atoms with Crippen molar-refractivity contribution in [3.8, 4) is 0 Å².